The van der Waals surface area contributed by atoms with Crippen molar-refractivity contribution in [1.29, 1.82) is 0 Å². The summed E-state index contributed by atoms with van der Waals surface area (Å²) in [7, 11) is 1.80. The topological polar surface area (TPSA) is 91.2 Å². The first kappa shape index (κ1) is 28.9. The number of nitrogens with zero attached hydrogens (tertiary/aromatic N) is 6. The highest BCUT2D eigenvalue weighted by molar-refractivity contribution is 5.98. The van der Waals surface area contributed by atoms with Crippen molar-refractivity contribution in [2.45, 2.75) is 51.0 Å². The molecule has 0 saturated carbocycles. The average molecular weight is 603 g/mol. The smallest absolute Gasteiger partial charge is 0.261 e. The van der Waals surface area contributed by atoms with Crippen molar-refractivity contribution in [1.82, 2.24) is 24.3 Å². The molecule has 0 unspecified atom stereocenters. The summed E-state index contributed by atoms with van der Waals surface area (Å²) in [5.41, 5.74) is 4.38. The quantitative estimate of drug-likeness (QED) is 0.371. The van der Waals surface area contributed by atoms with Gasteiger partial charge in [-0.1, -0.05) is 12.1 Å². The van der Waals surface area contributed by atoms with Gasteiger partial charge in [0.2, 0.25) is 5.91 Å². The summed E-state index contributed by atoms with van der Waals surface area (Å²) in [6.45, 7) is 6.00. The second-order valence-electron chi connectivity index (χ2n) is 12.6. The fourth-order valence-corrected chi connectivity index (χ4v) is 6.97. The molecule has 0 N–H and O–H groups in total. The van der Waals surface area contributed by atoms with Gasteiger partial charge < -0.3 is 19.4 Å². The van der Waals surface area contributed by atoms with E-state index in [2.05, 4.69) is 15.9 Å². The molecule has 0 spiro atoms. The number of fused-ring (bicyclic) bond motifs is 2. The molecule has 2 aromatic carbocycles. The van der Waals surface area contributed by atoms with Gasteiger partial charge in [0, 0.05) is 90.0 Å². The van der Waals surface area contributed by atoms with Crippen molar-refractivity contribution >= 4 is 28.4 Å². The standard InChI is InChI=1S/C33H39FN6O4/c1-36-17-23-15-22(4-6-27(23)32(36)42)8-12-40-30(9-11-38-10-2-3-31(38)41)35-29-16-25(5-7-28(29)33(40)43)39-13-14-44-26(21-39)20-37-18-24(34)19-37/h4-7,15-16,24,26H,2-3,8-14,17-21H2,1H3/t26-/m0/s1. The number of rotatable bonds is 9. The zero-order valence-electron chi connectivity index (χ0n) is 25.2. The zero-order chi connectivity index (χ0) is 30.4. The molecule has 232 valence electrons. The number of hydrogen-bond acceptors (Lipinski definition) is 7. The van der Waals surface area contributed by atoms with Crippen molar-refractivity contribution in [2.24, 2.45) is 0 Å². The zero-order valence-corrected chi connectivity index (χ0v) is 25.2. The van der Waals surface area contributed by atoms with Crippen LogP contribution in [0.1, 0.15) is 40.2 Å². The Balaban J connectivity index is 1.14. The molecule has 2 amide bonds. The number of aryl methyl sites for hydroxylation is 1. The van der Waals surface area contributed by atoms with Crippen molar-refractivity contribution in [3.05, 3.63) is 69.3 Å². The third-order valence-corrected chi connectivity index (χ3v) is 9.45. The second-order valence-corrected chi connectivity index (χ2v) is 12.6. The Kier molecular flexibility index (Phi) is 7.84. The molecule has 10 nitrogen and oxygen atoms in total. The summed E-state index contributed by atoms with van der Waals surface area (Å²) in [5, 5.41) is 0.565. The Bertz CT molecular complexity index is 1650. The van der Waals surface area contributed by atoms with Crippen molar-refractivity contribution in [3.8, 4) is 0 Å². The van der Waals surface area contributed by atoms with Crippen molar-refractivity contribution in [3.63, 3.8) is 0 Å². The Hall–Kier alpha value is -3.83. The summed E-state index contributed by atoms with van der Waals surface area (Å²) >= 11 is 0. The van der Waals surface area contributed by atoms with E-state index in [1.807, 2.05) is 35.2 Å². The van der Waals surface area contributed by atoms with E-state index in [9.17, 15) is 18.8 Å². The van der Waals surface area contributed by atoms with Crippen LogP contribution in [-0.2, 0) is 35.5 Å². The van der Waals surface area contributed by atoms with Crippen LogP contribution in [-0.4, -0.2) is 108 Å². The highest BCUT2D eigenvalue weighted by Gasteiger charge is 2.31. The van der Waals surface area contributed by atoms with E-state index in [0.29, 0.717) is 88.4 Å². The molecule has 0 bridgehead atoms. The average Bonchev–Trinajstić information content (AvgIpc) is 3.55. The maximum atomic E-state index is 14.0. The van der Waals surface area contributed by atoms with Crippen LogP contribution in [0.4, 0.5) is 10.1 Å². The number of ether oxygens (including phenoxy) is 1. The summed E-state index contributed by atoms with van der Waals surface area (Å²) in [6, 6.07) is 11.8. The minimum atomic E-state index is -0.732. The van der Waals surface area contributed by atoms with Gasteiger partial charge in [0.25, 0.3) is 11.5 Å². The number of amides is 2. The van der Waals surface area contributed by atoms with Gasteiger partial charge in [0.1, 0.15) is 12.0 Å². The Morgan fingerprint density at radius 1 is 1.00 bits per heavy atom. The van der Waals surface area contributed by atoms with Gasteiger partial charge in [-0.3, -0.25) is 23.9 Å². The van der Waals surface area contributed by atoms with E-state index in [1.54, 1.807) is 16.5 Å². The Morgan fingerprint density at radius 2 is 1.86 bits per heavy atom. The first-order valence-corrected chi connectivity index (χ1v) is 15.7. The fraction of sp³-hybridized carbons (Fsp3) is 0.515. The molecule has 1 atom stereocenters. The van der Waals surface area contributed by atoms with Crippen LogP contribution in [0, 0.1) is 0 Å². The van der Waals surface area contributed by atoms with Gasteiger partial charge in [0.15, 0.2) is 0 Å². The van der Waals surface area contributed by atoms with Gasteiger partial charge in [0.05, 0.1) is 23.6 Å². The first-order chi connectivity index (χ1) is 21.3. The lowest BCUT2D eigenvalue weighted by Crippen LogP contribution is -2.55. The number of anilines is 1. The SMILES string of the molecule is CN1Cc2cc(CCn3c(CCN4CCCC4=O)nc4cc(N5CCO[C@@H](CN6CC(F)C6)C5)ccc4c3=O)ccc2C1=O. The summed E-state index contributed by atoms with van der Waals surface area (Å²) in [5.74, 6) is 0.869. The number of alkyl halides is 1. The highest BCUT2D eigenvalue weighted by atomic mass is 19.1. The molecular weight excluding hydrogens is 563 g/mol. The summed E-state index contributed by atoms with van der Waals surface area (Å²) < 4.78 is 21.1. The van der Waals surface area contributed by atoms with E-state index in [4.69, 9.17) is 9.72 Å². The number of halogens is 1. The first-order valence-electron chi connectivity index (χ1n) is 15.7. The molecule has 1 aromatic heterocycles. The summed E-state index contributed by atoms with van der Waals surface area (Å²) in [4.78, 5) is 51.6. The van der Waals surface area contributed by atoms with Gasteiger partial charge >= 0.3 is 0 Å². The van der Waals surface area contributed by atoms with Crippen LogP contribution in [0.2, 0.25) is 0 Å². The predicted molar refractivity (Wildman–Crippen MR) is 165 cm³/mol. The predicted octanol–water partition coefficient (Wildman–Crippen LogP) is 2.25. The number of aromatic nitrogens is 2. The van der Waals surface area contributed by atoms with E-state index < -0.39 is 6.17 Å². The maximum absolute atomic E-state index is 14.0. The number of hydrogen-bond donors (Lipinski definition) is 0. The molecule has 4 aliphatic heterocycles. The molecule has 5 heterocycles. The molecular formula is C33H39FN6O4. The van der Waals surface area contributed by atoms with E-state index >= 15 is 0 Å². The monoisotopic (exact) mass is 602 g/mol. The molecule has 4 aliphatic rings. The van der Waals surface area contributed by atoms with Crippen LogP contribution < -0.4 is 10.5 Å². The van der Waals surface area contributed by atoms with Crippen molar-refractivity contribution < 1.29 is 18.7 Å². The maximum Gasteiger partial charge on any atom is 0.261 e. The van der Waals surface area contributed by atoms with Gasteiger partial charge in [-0.05, 0) is 48.2 Å². The number of carbonyl (C=O) groups is 2. The largest absolute Gasteiger partial charge is 0.373 e. The number of benzene rings is 2. The van der Waals surface area contributed by atoms with Crippen LogP contribution >= 0.6 is 0 Å². The number of carbonyl (C=O) groups excluding carboxylic acids is 2. The third-order valence-electron chi connectivity index (χ3n) is 9.45. The van der Waals surface area contributed by atoms with Gasteiger partial charge in [-0.15, -0.1) is 0 Å². The molecule has 3 aromatic rings. The van der Waals surface area contributed by atoms with Crippen LogP contribution in [0.15, 0.2) is 41.2 Å². The Morgan fingerprint density at radius 3 is 2.66 bits per heavy atom. The van der Waals surface area contributed by atoms with E-state index in [0.717, 1.165) is 41.9 Å². The minimum absolute atomic E-state index is 0.000738. The van der Waals surface area contributed by atoms with Crippen LogP contribution in [0.5, 0.6) is 0 Å². The molecule has 44 heavy (non-hydrogen) atoms. The number of likely N-dealkylation sites (tertiary alicyclic amines) is 2. The molecule has 3 fully saturated rings. The lowest BCUT2D eigenvalue weighted by molar-refractivity contribution is -0.127. The minimum Gasteiger partial charge on any atom is -0.373 e. The van der Waals surface area contributed by atoms with E-state index in [1.165, 1.54) is 0 Å². The van der Waals surface area contributed by atoms with Gasteiger partial charge in [-0.2, -0.15) is 0 Å². The normalized spacial score (nSPS) is 21.0. The lowest BCUT2D eigenvalue weighted by atomic mass is 10.0. The Labute approximate surface area is 256 Å². The molecule has 0 aliphatic carbocycles. The van der Waals surface area contributed by atoms with E-state index in [-0.39, 0.29) is 23.5 Å². The molecule has 3 saturated heterocycles. The second kappa shape index (κ2) is 11.9. The highest BCUT2D eigenvalue weighted by Crippen LogP contribution is 2.25. The molecule has 7 rings (SSSR count). The third kappa shape index (κ3) is 5.70. The lowest BCUT2D eigenvalue weighted by Gasteiger charge is -2.40. The van der Waals surface area contributed by atoms with Crippen LogP contribution in [0.25, 0.3) is 10.9 Å². The number of morpholine rings is 1. The molecule has 0 radical (unpaired) electrons. The summed E-state index contributed by atoms with van der Waals surface area (Å²) in [6.07, 6.45) is 1.83. The molecule has 11 heteroatoms. The van der Waals surface area contributed by atoms with Gasteiger partial charge in [-0.25, -0.2) is 9.37 Å². The van der Waals surface area contributed by atoms with Crippen molar-refractivity contribution in [2.75, 3.05) is 64.4 Å². The fourth-order valence-electron chi connectivity index (χ4n) is 6.97. The van der Waals surface area contributed by atoms with Crippen LogP contribution in [0.3, 0.4) is 0 Å².